The Labute approximate surface area is 223 Å². The molecule has 1 N–H and O–H groups in total. The average molecular weight is 511 g/mol. The van der Waals surface area contributed by atoms with Gasteiger partial charge in [-0.05, 0) is 58.9 Å². The monoisotopic (exact) mass is 510 g/mol. The first kappa shape index (κ1) is 25.9. The zero-order valence-corrected chi connectivity index (χ0v) is 21.5. The second kappa shape index (κ2) is 12.7. The Morgan fingerprint density at radius 2 is 1.74 bits per heavy atom. The summed E-state index contributed by atoms with van der Waals surface area (Å²) in [6.07, 6.45) is 3.29. The molecule has 2 atom stereocenters. The molecule has 6 heteroatoms. The molecular formula is C32H34N2O4. The number of carbonyl (C=O) groups is 1. The van der Waals surface area contributed by atoms with Gasteiger partial charge in [0, 0.05) is 31.0 Å². The smallest absolute Gasteiger partial charge is 0.407 e. The molecule has 2 heterocycles. The van der Waals surface area contributed by atoms with Crippen LogP contribution in [0.4, 0.5) is 4.79 Å². The van der Waals surface area contributed by atoms with E-state index in [4.69, 9.17) is 14.5 Å². The molecular weight excluding hydrogens is 476 g/mol. The zero-order chi connectivity index (χ0) is 26.2. The summed E-state index contributed by atoms with van der Waals surface area (Å²) in [5.41, 5.74) is 4.40. The van der Waals surface area contributed by atoms with Gasteiger partial charge in [0.1, 0.15) is 0 Å². The summed E-state index contributed by atoms with van der Waals surface area (Å²) in [6, 6.07) is 29.0. The van der Waals surface area contributed by atoms with Crippen molar-refractivity contribution in [3.63, 3.8) is 0 Å². The molecule has 0 spiro atoms. The van der Waals surface area contributed by atoms with E-state index in [0.29, 0.717) is 39.3 Å². The van der Waals surface area contributed by atoms with E-state index in [1.165, 1.54) is 21.2 Å². The van der Waals surface area contributed by atoms with Crippen LogP contribution >= 0.6 is 0 Å². The highest BCUT2D eigenvalue weighted by Crippen LogP contribution is 2.31. The van der Waals surface area contributed by atoms with Crippen LogP contribution in [0.5, 0.6) is 0 Å². The molecule has 0 bridgehead atoms. The molecule has 1 aliphatic rings. The fourth-order valence-electron chi connectivity index (χ4n) is 5.10. The van der Waals surface area contributed by atoms with E-state index in [0.717, 1.165) is 29.7 Å². The Bertz CT molecular complexity index is 1330. The number of nitrogens with zero attached hydrogens (tertiary/aromatic N) is 2. The van der Waals surface area contributed by atoms with Crippen LogP contribution in [0.3, 0.4) is 0 Å². The first-order valence-corrected chi connectivity index (χ1v) is 13.3. The maximum atomic E-state index is 11.7. The van der Waals surface area contributed by atoms with E-state index in [-0.39, 0.29) is 12.0 Å². The summed E-state index contributed by atoms with van der Waals surface area (Å²) in [6.45, 7) is 2.61. The molecule has 0 radical (unpaired) electrons. The lowest BCUT2D eigenvalue weighted by Gasteiger charge is -2.37. The predicted molar refractivity (Wildman–Crippen MR) is 148 cm³/mol. The molecule has 196 valence electrons. The molecule has 4 aromatic rings. The van der Waals surface area contributed by atoms with Gasteiger partial charge in [0.05, 0.1) is 25.9 Å². The fourth-order valence-corrected chi connectivity index (χ4v) is 5.10. The lowest BCUT2D eigenvalue weighted by Crippen LogP contribution is -2.46. The summed E-state index contributed by atoms with van der Waals surface area (Å²) < 4.78 is 12.2. The van der Waals surface area contributed by atoms with Crippen LogP contribution in [0, 0.1) is 0 Å². The van der Waals surface area contributed by atoms with Gasteiger partial charge < -0.3 is 19.5 Å². The van der Waals surface area contributed by atoms with Crippen molar-refractivity contribution >= 4 is 16.9 Å². The van der Waals surface area contributed by atoms with Gasteiger partial charge in [-0.2, -0.15) is 0 Å². The Morgan fingerprint density at radius 3 is 2.53 bits per heavy atom. The summed E-state index contributed by atoms with van der Waals surface area (Å²) in [5.74, 6) is 0.0989. The maximum Gasteiger partial charge on any atom is 0.407 e. The number of hydrogen-bond donors (Lipinski definition) is 1. The highest BCUT2D eigenvalue weighted by molar-refractivity contribution is 5.82. The van der Waals surface area contributed by atoms with Gasteiger partial charge in [0.2, 0.25) is 0 Å². The number of rotatable bonds is 10. The summed E-state index contributed by atoms with van der Waals surface area (Å²) in [5, 5.41) is 12.0. The molecule has 38 heavy (non-hydrogen) atoms. The number of piperidine rings is 1. The normalized spacial score (nSPS) is 17.5. The number of hydrogen-bond acceptors (Lipinski definition) is 4. The van der Waals surface area contributed by atoms with Gasteiger partial charge >= 0.3 is 6.09 Å². The molecule has 6 nitrogen and oxygen atoms in total. The van der Waals surface area contributed by atoms with Crippen molar-refractivity contribution in [3.8, 4) is 0 Å². The Balaban J connectivity index is 1.17. The summed E-state index contributed by atoms with van der Waals surface area (Å²) >= 11 is 0. The second-order valence-electron chi connectivity index (χ2n) is 9.88. The van der Waals surface area contributed by atoms with E-state index in [1.807, 2.05) is 36.5 Å². The van der Waals surface area contributed by atoms with Crippen molar-refractivity contribution in [1.29, 1.82) is 0 Å². The summed E-state index contributed by atoms with van der Waals surface area (Å²) in [4.78, 5) is 17.9. The number of pyridine rings is 1. The molecule has 3 aromatic carbocycles. The highest BCUT2D eigenvalue weighted by atomic mass is 16.5. The van der Waals surface area contributed by atoms with Gasteiger partial charge in [0.25, 0.3) is 0 Å². The van der Waals surface area contributed by atoms with Crippen LogP contribution in [0.25, 0.3) is 10.8 Å². The van der Waals surface area contributed by atoms with Crippen molar-refractivity contribution in [1.82, 2.24) is 9.88 Å². The number of amides is 1. The number of fused-ring (bicyclic) bond motifs is 1. The molecule has 1 fully saturated rings. The van der Waals surface area contributed by atoms with E-state index in [9.17, 15) is 9.90 Å². The lowest BCUT2D eigenvalue weighted by molar-refractivity contribution is -0.0200. The van der Waals surface area contributed by atoms with Gasteiger partial charge in [0.15, 0.2) is 0 Å². The standard InChI is InChI=1S/C32H34N2O4/c35-32(36)34-17-16-30(31(21-34)38-23-25-12-13-26-9-4-5-10-27(26)19-25)28-14-15-29(33-20-28)11-6-18-37-22-24-7-2-1-3-8-24/h1-5,7-10,12-15,19-20,30-31H,6,11,16-18,21-23H2,(H,35,36). The number of benzene rings is 3. The number of likely N-dealkylation sites (tertiary alicyclic amines) is 1. The zero-order valence-electron chi connectivity index (χ0n) is 21.5. The van der Waals surface area contributed by atoms with Crippen LogP contribution in [-0.2, 0) is 29.1 Å². The molecule has 5 rings (SSSR count). The van der Waals surface area contributed by atoms with E-state index < -0.39 is 6.09 Å². The van der Waals surface area contributed by atoms with E-state index in [1.54, 1.807) is 0 Å². The number of ether oxygens (including phenoxy) is 2. The predicted octanol–water partition coefficient (Wildman–Crippen LogP) is 6.44. The van der Waals surface area contributed by atoms with Crippen LogP contribution in [0.15, 0.2) is 91.1 Å². The van der Waals surface area contributed by atoms with Crippen molar-refractivity contribution in [2.24, 2.45) is 0 Å². The molecule has 1 aliphatic heterocycles. The second-order valence-corrected chi connectivity index (χ2v) is 9.88. The van der Waals surface area contributed by atoms with Crippen LogP contribution in [0.2, 0.25) is 0 Å². The Morgan fingerprint density at radius 1 is 0.921 bits per heavy atom. The Kier molecular flexibility index (Phi) is 8.64. The van der Waals surface area contributed by atoms with E-state index >= 15 is 0 Å². The largest absolute Gasteiger partial charge is 0.465 e. The van der Waals surface area contributed by atoms with Crippen molar-refractivity contribution < 1.29 is 19.4 Å². The van der Waals surface area contributed by atoms with Crippen LogP contribution < -0.4 is 0 Å². The van der Waals surface area contributed by atoms with Gasteiger partial charge in [-0.3, -0.25) is 4.98 Å². The highest BCUT2D eigenvalue weighted by Gasteiger charge is 2.33. The van der Waals surface area contributed by atoms with Crippen molar-refractivity contribution in [2.75, 3.05) is 19.7 Å². The molecule has 0 saturated carbocycles. The number of carboxylic acid groups (broad SMARTS) is 1. The average Bonchev–Trinajstić information content (AvgIpc) is 2.96. The third-order valence-corrected chi connectivity index (χ3v) is 7.22. The lowest BCUT2D eigenvalue weighted by atomic mass is 9.87. The molecule has 1 amide bonds. The molecule has 0 aliphatic carbocycles. The SMILES string of the molecule is O=C(O)N1CCC(c2ccc(CCCOCc3ccccc3)nc2)C(OCc2ccc3ccccc3c2)C1. The van der Waals surface area contributed by atoms with Gasteiger partial charge in [-0.1, -0.05) is 72.8 Å². The first-order valence-electron chi connectivity index (χ1n) is 13.3. The van der Waals surface area contributed by atoms with Crippen molar-refractivity contribution in [2.45, 2.75) is 44.5 Å². The van der Waals surface area contributed by atoms with Crippen LogP contribution in [-0.4, -0.2) is 46.9 Å². The minimum absolute atomic E-state index is 0.0989. The molecule has 1 saturated heterocycles. The quantitative estimate of drug-likeness (QED) is 0.249. The van der Waals surface area contributed by atoms with Crippen molar-refractivity contribution in [3.05, 3.63) is 114 Å². The fraction of sp³-hybridized carbons (Fsp3) is 0.312. The molecule has 2 unspecified atom stereocenters. The minimum Gasteiger partial charge on any atom is -0.465 e. The number of aromatic nitrogens is 1. The van der Waals surface area contributed by atoms with Gasteiger partial charge in [-0.15, -0.1) is 0 Å². The first-order chi connectivity index (χ1) is 18.7. The molecule has 1 aromatic heterocycles. The summed E-state index contributed by atoms with van der Waals surface area (Å²) in [7, 11) is 0. The third kappa shape index (κ3) is 6.77. The Hall–Kier alpha value is -3.74. The topological polar surface area (TPSA) is 71.9 Å². The van der Waals surface area contributed by atoms with E-state index in [2.05, 4.69) is 54.6 Å². The minimum atomic E-state index is -0.897. The third-order valence-electron chi connectivity index (χ3n) is 7.22. The van der Waals surface area contributed by atoms with Gasteiger partial charge in [-0.25, -0.2) is 4.79 Å². The maximum absolute atomic E-state index is 11.7. The van der Waals surface area contributed by atoms with Crippen LogP contribution in [0.1, 0.15) is 41.1 Å². The number of aryl methyl sites for hydroxylation is 1.